The van der Waals surface area contributed by atoms with Crippen LogP contribution in [0.2, 0.25) is 0 Å². The number of carbonyl (C=O) groups excluding carboxylic acids is 2. The lowest BCUT2D eigenvalue weighted by Crippen LogP contribution is -2.60. The lowest BCUT2D eigenvalue weighted by Gasteiger charge is -2.45. The number of H-pyrrole nitrogens is 2. The van der Waals surface area contributed by atoms with Crippen LogP contribution in [0.5, 0.6) is 0 Å². The van der Waals surface area contributed by atoms with E-state index in [2.05, 4.69) is 49.9 Å². The first kappa shape index (κ1) is 29.6. The van der Waals surface area contributed by atoms with E-state index in [1.54, 1.807) is 4.90 Å². The van der Waals surface area contributed by atoms with Gasteiger partial charge in [-0.1, -0.05) is 48.5 Å². The molecule has 1 unspecified atom stereocenters. The molecule has 1 saturated heterocycles. The van der Waals surface area contributed by atoms with Crippen molar-refractivity contribution in [3.8, 4) is 0 Å². The molecule has 1 spiro atoms. The van der Waals surface area contributed by atoms with Crippen LogP contribution in [0.4, 0.5) is 4.79 Å². The topological polar surface area (TPSA) is 120 Å². The first-order chi connectivity index (χ1) is 20.9. The summed E-state index contributed by atoms with van der Waals surface area (Å²) >= 11 is 0. The molecule has 6 rings (SSSR count). The second-order valence-electron chi connectivity index (χ2n) is 13.9. The van der Waals surface area contributed by atoms with Crippen molar-refractivity contribution in [3.63, 3.8) is 0 Å². The molecule has 2 aliphatic rings. The van der Waals surface area contributed by atoms with Crippen molar-refractivity contribution in [2.45, 2.75) is 83.4 Å². The van der Waals surface area contributed by atoms with E-state index < -0.39 is 23.3 Å². The summed E-state index contributed by atoms with van der Waals surface area (Å²) in [5, 5.41) is 15.9. The molecule has 230 valence electrons. The number of ether oxygens (including phenoxy) is 1. The van der Waals surface area contributed by atoms with E-state index in [-0.39, 0.29) is 11.3 Å². The highest BCUT2D eigenvalue weighted by Gasteiger charge is 2.46. The molecule has 10 heteroatoms. The van der Waals surface area contributed by atoms with E-state index in [0.29, 0.717) is 25.3 Å². The molecule has 0 radical (unpaired) electrons. The van der Waals surface area contributed by atoms with Crippen molar-refractivity contribution >= 4 is 28.5 Å². The van der Waals surface area contributed by atoms with Gasteiger partial charge in [-0.2, -0.15) is 5.21 Å². The van der Waals surface area contributed by atoms with Gasteiger partial charge >= 0.3 is 6.09 Å². The van der Waals surface area contributed by atoms with Crippen LogP contribution in [-0.2, 0) is 21.4 Å². The van der Waals surface area contributed by atoms with Gasteiger partial charge in [-0.25, -0.2) is 4.79 Å². The third kappa shape index (κ3) is 5.49. The molecular formula is C34H41N7O3. The first-order valence-corrected chi connectivity index (χ1v) is 15.3. The minimum absolute atomic E-state index is 0.0698. The average Bonchev–Trinajstić information content (AvgIpc) is 3.71. The zero-order valence-electron chi connectivity index (χ0n) is 26.3. The van der Waals surface area contributed by atoms with E-state index in [4.69, 9.17) is 4.74 Å². The third-order valence-electron chi connectivity index (χ3n) is 8.73. The fraction of sp³-hybridized carbons (Fsp3) is 0.441. The number of allylic oxidation sites excluding steroid dienone is 1. The van der Waals surface area contributed by atoms with Crippen LogP contribution < -0.4 is 0 Å². The molecule has 2 N–H and O–H groups in total. The van der Waals surface area contributed by atoms with Gasteiger partial charge in [0.2, 0.25) is 11.7 Å². The van der Waals surface area contributed by atoms with Crippen LogP contribution in [-0.4, -0.2) is 77.7 Å². The van der Waals surface area contributed by atoms with Crippen LogP contribution >= 0.6 is 0 Å². The van der Waals surface area contributed by atoms with E-state index in [9.17, 15) is 9.59 Å². The predicted octanol–water partition coefficient (Wildman–Crippen LogP) is 5.63. The summed E-state index contributed by atoms with van der Waals surface area (Å²) in [5.74, 6) is 0.504. The smallest absolute Gasteiger partial charge is 0.411 e. The number of hydrogen-bond acceptors (Lipinski definition) is 6. The van der Waals surface area contributed by atoms with E-state index >= 15 is 0 Å². The zero-order chi connectivity index (χ0) is 31.3. The third-order valence-corrected chi connectivity index (χ3v) is 8.73. The number of tetrazole rings is 1. The fourth-order valence-electron chi connectivity index (χ4n) is 6.77. The lowest BCUT2D eigenvalue weighted by atomic mass is 9.74. The second-order valence-corrected chi connectivity index (χ2v) is 13.9. The number of carbonyl (C=O) groups is 2. The molecule has 1 atom stereocenters. The number of para-hydroxylation sites is 1. The van der Waals surface area contributed by atoms with Crippen molar-refractivity contribution in [3.05, 3.63) is 83.3 Å². The van der Waals surface area contributed by atoms with Gasteiger partial charge < -0.3 is 14.6 Å². The van der Waals surface area contributed by atoms with E-state index in [0.717, 1.165) is 40.4 Å². The molecule has 1 aliphatic carbocycles. The summed E-state index contributed by atoms with van der Waals surface area (Å²) in [7, 11) is 0. The Morgan fingerprint density at radius 3 is 2.41 bits per heavy atom. The normalized spacial score (nSPS) is 17.0. The summed E-state index contributed by atoms with van der Waals surface area (Å²) < 4.78 is 5.90. The molecule has 0 bridgehead atoms. The van der Waals surface area contributed by atoms with Gasteiger partial charge in [0.15, 0.2) is 0 Å². The number of likely N-dealkylation sites (tertiary alicyclic amines) is 1. The first-order valence-electron chi connectivity index (χ1n) is 15.3. The highest BCUT2D eigenvalue weighted by Crippen LogP contribution is 2.48. The number of nitrogens with one attached hydrogen (secondary N) is 2. The molecule has 3 heterocycles. The minimum Gasteiger partial charge on any atom is -0.444 e. The summed E-state index contributed by atoms with van der Waals surface area (Å²) in [5.41, 5.74) is 3.69. The summed E-state index contributed by atoms with van der Waals surface area (Å²) in [6, 6.07) is 15.6. The zero-order valence-corrected chi connectivity index (χ0v) is 26.3. The maximum Gasteiger partial charge on any atom is 0.411 e. The quantitative estimate of drug-likeness (QED) is 0.308. The van der Waals surface area contributed by atoms with Crippen molar-refractivity contribution in [2.75, 3.05) is 13.1 Å². The van der Waals surface area contributed by atoms with Crippen LogP contribution in [0.3, 0.4) is 0 Å². The van der Waals surface area contributed by atoms with Crippen molar-refractivity contribution in [2.24, 2.45) is 0 Å². The number of benzene rings is 2. The van der Waals surface area contributed by atoms with E-state index in [1.807, 2.05) is 83.0 Å². The Morgan fingerprint density at radius 1 is 1.02 bits per heavy atom. The van der Waals surface area contributed by atoms with Crippen molar-refractivity contribution < 1.29 is 14.3 Å². The molecule has 4 aromatic rings. The maximum absolute atomic E-state index is 14.6. The monoisotopic (exact) mass is 595 g/mol. The highest BCUT2D eigenvalue weighted by molar-refractivity contribution is 5.89. The summed E-state index contributed by atoms with van der Waals surface area (Å²) in [4.78, 5) is 35.4. The standard InChI is InChI=1S/C34H41N7O3/c1-32(2,3)41(31(43)44-33(4,5)6)28(19-22-21-35-27-14-10-8-11-23(22)27)30(42)40-17-15-34(16-18-40)20-25(29-36-38-39-37-29)24-12-7-9-13-26(24)34/h7-14,20-21,28,35H,15-19H2,1-6H3,(H,36,37,38,39). The average molecular weight is 596 g/mol. The molecule has 0 saturated carbocycles. The summed E-state index contributed by atoms with van der Waals surface area (Å²) in [6.45, 7) is 12.5. The van der Waals surface area contributed by atoms with Crippen molar-refractivity contribution in [1.82, 2.24) is 35.4 Å². The second kappa shape index (κ2) is 10.9. The van der Waals surface area contributed by atoms with Crippen molar-refractivity contribution in [1.29, 1.82) is 0 Å². The van der Waals surface area contributed by atoms with Crippen LogP contribution in [0, 0.1) is 0 Å². The minimum atomic E-state index is -0.751. The van der Waals surface area contributed by atoms with E-state index in [1.165, 1.54) is 5.56 Å². The number of nitrogens with zero attached hydrogens (tertiary/aromatic N) is 5. The number of amides is 2. The molecular weight excluding hydrogens is 554 g/mol. The Labute approximate surface area is 257 Å². The molecule has 2 aromatic heterocycles. The molecule has 1 aliphatic heterocycles. The van der Waals surface area contributed by atoms with Gasteiger partial charge in [-0.05, 0) is 82.4 Å². The van der Waals surface area contributed by atoms with Crippen LogP contribution in [0.15, 0.2) is 60.8 Å². The van der Waals surface area contributed by atoms with Gasteiger partial charge in [0.05, 0.1) is 0 Å². The van der Waals surface area contributed by atoms with Gasteiger partial charge in [0.25, 0.3) is 0 Å². The molecule has 2 aromatic carbocycles. The van der Waals surface area contributed by atoms with Gasteiger partial charge in [-0.3, -0.25) is 9.69 Å². The van der Waals surface area contributed by atoms with Crippen LogP contribution in [0.1, 0.15) is 76.9 Å². The number of aromatic amines is 2. The Kier molecular flexibility index (Phi) is 7.34. The SMILES string of the molecule is CC(C)(C)OC(=O)N(C(Cc1c[nH]c2ccccc12)C(=O)N1CCC2(C=C(c3nn[nH]n3)c3ccccc32)CC1)C(C)(C)C. The molecule has 44 heavy (non-hydrogen) atoms. The Bertz CT molecular complexity index is 1700. The number of hydrogen-bond donors (Lipinski definition) is 2. The van der Waals surface area contributed by atoms with Crippen LogP contribution in [0.25, 0.3) is 16.5 Å². The fourth-order valence-corrected chi connectivity index (χ4v) is 6.77. The maximum atomic E-state index is 14.6. The predicted molar refractivity (Wildman–Crippen MR) is 169 cm³/mol. The van der Waals surface area contributed by atoms with Gasteiger partial charge in [0.1, 0.15) is 11.6 Å². The largest absolute Gasteiger partial charge is 0.444 e. The Balaban J connectivity index is 1.32. The number of aromatic nitrogens is 5. The number of rotatable bonds is 5. The highest BCUT2D eigenvalue weighted by atomic mass is 16.6. The Hall–Kier alpha value is -4.47. The molecule has 10 nitrogen and oxygen atoms in total. The lowest BCUT2D eigenvalue weighted by molar-refractivity contribution is -0.140. The van der Waals surface area contributed by atoms with Gasteiger partial charge in [-0.15, -0.1) is 10.2 Å². The molecule has 1 fully saturated rings. The Morgan fingerprint density at radius 2 is 1.73 bits per heavy atom. The van der Waals surface area contributed by atoms with Gasteiger partial charge in [0, 0.05) is 53.1 Å². The number of piperidine rings is 1. The number of fused-ring (bicyclic) bond motifs is 3. The molecule has 2 amide bonds. The summed E-state index contributed by atoms with van der Waals surface area (Å²) in [6.07, 6.45) is 5.58.